The first-order valence-electron chi connectivity index (χ1n) is 8.15. The number of sulfone groups is 1. The molecule has 2 aromatic rings. The normalized spacial score (nSPS) is 19.6. The number of hydrazone groups is 1. The Morgan fingerprint density at radius 2 is 1.64 bits per heavy atom. The van der Waals surface area contributed by atoms with Crippen LogP contribution in [0.15, 0.2) is 69.5 Å². The van der Waals surface area contributed by atoms with E-state index in [4.69, 9.17) is 0 Å². The first-order chi connectivity index (χ1) is 13.0. The predicted octanol–water partition coefficient (Wildman–Crippen LogP) is 3.13. The van der Waals surface area contributed by atoms with Crippen LogP contribution in [0.1, 0.15) is 13.3 Å². The molecule has 0 bridgehead atoms. The van der Waals surface area contributed by atoms with Gasteiger partial charge in [0.05, 0.1) is 9.79 Å². The van der Waals surface area contributed by atoms with Gasteiger partial charge in [-0.3, -0.25) is 10.2 Å². The summed E-state index contributed by atoms with van der Waals surface area (Å²) in [6.07, 6.45) is -5.22. The molecule has 1 aliphatic rings. The molecule has 1 aliphatic heterocycles. The molecule has 0 saturated heterocycles. The molecule has 0 aromatic heterocycles. The average molecular weight is 411 g/mol. The van der Waals surface area contributed by atoms with Crippen LogP contribution in [0.25, 0.3) is 0 Å². The highest BCUT2D eigenvalue weighted by atomic mass is 32.2. The Morgan fingerprint density at radius 1 is 1.07 bits per heavy atom. The molecule has 0 radical (unpaired) electrons. The third kappa shape index (κ3) is 3.86. The molecule has 28 heavy (non-hydrogen) atoms. The van der Waals surface area contributed by atoms with E-state index < -0.39 is 39.6 Å². The predicted molar refractivity (Wildman–Crippen MR) is 96.6 cm³/mol. The van der Waals surface area contributed by atoms with Crippen molar-refractivity contribution in [3.63, 3.8) is 0 Å². The second-order valence-electron chi connectivity index (χ2n) is 6.47. The van der Waals surface area contributed by atoms with Crippen LogP contribution >= 0.6 is 0 Å². The number of alkyl halides is 3. The van der Waals surface area contributed by atoms with Crippen LogP contribution in [0, 0.1) is 0 Å². The minimum absolute atomic E-state index is 0.0320. The van der Waals surface area contributed by atoms with Crippen molar-refractivity contribution in [3.8, 4) is 0 Å². The Balaban J connectivity index is 1.72. The number of amides is 1. The first-order valence-corrected chi connectivity index (χ1v) is 9.63. The van der Waals surface area contributed by atoms with Crippen molar-refractivity contribution < 1.29 is 26.4 Å². The van der Waals surface area contributed by atoms with Crippen molar-refractivity contribution >= 4 is 27.1 Å². The van der Waals surface area contributed by atoms with Gasteiger partial charge in [0, 0.05) is 12.1 Å². The van der Waals surface area contributed by atoms with Gasteiger partial charge in [0.2, 0.25) is 9.84 Å². The summed E-state index contributed by atoms with van der Waals surface area (Å²) < 4.78 is 63.3. The molecule has 0 fully saturated rings. The smallest absolute Gasteiger partial charge is 0.324 e. The summed E-state index contributed by atoms with van der Waals surface area (Å²) in [5.74, 6) is -0.714. The van der Waals surface area contributed by atoms with E-state index in [0.29, 0.717) is 0 Å². The number of carbonyl (C=O) groups is 1. The standard InChI is InChI=1S/C18H16F3N3O3S/c1-17(11-15(23-24-17)18(19,20)21)16(25)22-12-7-9-14(10-8-12)28(26,27)13-5-3-2-4-6-13/h2-10,24H,11H2,1H3,(H,22,25). The van der Waals surface area contributed by atoms with Gasteiger partial charge in [0.15, 0.2) is 0 Å². The average Bonchev–Trinajstić information content (AvgIpc) is 3.07. The minimum Gasteiger partial charge on any atom is -0.324 e. The van der Waals surface area contributed by atoms with Gasteiger partial charge in [-0.15, -0.1) is 0 Å². The summed E-state index contributed by atoms with van der Waals surface area (Å²) >= 11 is 0. The highest BCUT2D eigenvalue weighted by Crippen LogP contribution is 2.29. The molecule has 6 nitrogen and oxygen atoms in total. The van der Waals surface area contributed by atoms with E-state index in [9.17, 15) is 26.4 Å². The zero-order chi connectivity index (χ0) is 20.6. The third-order valence-corrected chi connectivity index (χ3v) is 6.05. The number of benzene rings is 2. The summed E-state index contributed by atoms with van der Waals surface area (Å²) in [5.41, 5.74) is -0.139. The van der Waals surface area contributed by atoms with Crippen LogP contribution in [0.4, 0.5) is 18.9 Å². The zero-order valence-corrected chi connectivity index (χ0v) is 15.4. The molecular formula is C18H16F3N3O3S. The van der Waals surface area contributed by atoms with Gasteiger partial charge in [-0.05, 0) is 43.3 Å². The van der Waals surface area contributed by atoms with E-state index in [1.807, 2.05) is 0 Å². The molecule has 10 heteroatoms. The SMILES string of the molecule is CC1(C(=O)Nc2ccc(S(=O)(=O)c3ccccc3)cc2)CC(C(F)(F)F)=NN1. The number of anilines is 1. The fourth-order valence-corrected chi connectivity index (χ4v) is 3.90. The Morgan fingerprint density at radius 3 is 2.18 bits per heavy atom. The van der Waals surface area contributed by atoms with Gasteiger partial charge in [0.25, 0.3) is 5.91 Å². The Bertz CT molecular complexity index is 1020. The van der Waals surface area contributed by atoms with Crippen LogP contribution < -0.4 is 10.7 Å². The maximum Gasteiger partial charge on any atom is 0.431 e. The zero-order valence-electron chi connectivity index (χ0n) is 14.6. The maximum absolute atomic E-state index is 12.7. The summed E-state index contributed by atoms with van der Waals surface area (Å²) in [4.78, 5) is 12.5. The Kier molecular flexibility index (Phi) is 4.92. The van der Waals surface area contributed by atoms with Gasteiger partial charge < -0.3 is 5.32 Å². The second kappa shape index (κ2) is 6.93. The molecule has 1 heterocycles. The van der Waals surface area contributed by atoms with E-state index in [2.05, 4.69) is 15.8 Å². The maximum atomic E-state index is 12.7. The van der Waals surface area contributed by atoms with Gasteiger partial charge in [0.1, 0.15) is 11.3 Å². The largest absolute Gasteiger partial charge is 0.431 e. The van der Waals surface area contributed by atoms with Crippen molar-refractivity contribution in [1.82, 2.24) is 5.43 Å². The molecule has 1 atom stereocenters. The van der Waals surface area contributed by atoms with Crippen molar-refractivity contribution in [2.45, 2.75) is 34.9 Å². The monoisotopic (exact) mass is 411 g/mol. The summed E-state index contributed by atoms with van der Waals surface area (Å²) in [6.45, 7) is 1.30. The van der Waals surface area contributed by atoms with Crippen LogP contribution in [-0.4, -0.2) is 31.8 Å². The highest BCUT2D eigenvalue weighted by Gasteiger charge is 2.48. The Labute approximate surface area is 159 Å². The summed E-state index contributed by atoms with van der Waals surface area (Å²) in [6, 6.07) is 13.2. The summed E-state index contributed by atoms with van der Waals surface area (Å²) in [5, 5.41) is 5.68. The fourth-order valence-electron chi connectivity index (χ4n) is 2.62. The number of hydrogen-bond acceptors (Lipinski definition) is 5. The molecule has 1 amide bonds. The van der Waals surface area contributed by atoms with Gasteiger partial charge in [-0.25, -0.2) is 8.42 Å². The topological polar surface area (TPSA) is 87.6 Å². The second-order valence-corrected chi connectivity index (χ2v) is 8.42. The Hall–Kier alpha value is -2.88. The van der Waals surface area contributed by atoms with Gasteiger partial charge in [-0.2, -0.15) is 18.3 Å². The van der Waals surface area contributed by atoms with Crippen molar-refractivity contribution in [2.75, 3.05) is 5.32 Å². The molecule has 0 spiro atoms. The lowest BCUT2D eigenvalue weighted by atomic mass is 9.95. The quantitative estimate of drug-likeness (QED) is 0.809. The lowest BCUT2D eigenvalue weighted by Gasteiger charge is -2.22. The van der Waals surface area contributed by atoms with E-state index in [1.54, 1.807) is 18.2 Å². The van der Waals surface area contributed by atoms with Crippen molar-refractivity contribution in [2.24, 2.45) is 5.10 Å². The first kappa shape index (κ1) is 19.9. The van der Waals surface area contributed by atoms with Crippen molar-refractivity contribution in [1.29, 1.82) is 0 Å². The number of hydrogen-bond donors (Lipinski definition) is 2. The lowest BCUT2D eigenvalue weighted by molar-refractivity contribution is -0.121. The summed E-state index contributed by atoms with van der Waals surface area (Å²) in [7, 11) is -3.70. The molecule has 148 valence electrons. The highest BCUT2D eigenvalue weighted by molar-refractivity contribution is 7.91. The third-order valence-electron chi connectivity index (χ3n) is 4.26. The van der Waals surface area contributed by atoms with Gasteiger partial charge >= 0.3 is 6.18 Å². The number of nitrogens with zero attached hydrogens (tertiary/aromatic N) is 1. The number of rotatable bonds is 4. The number of nitrogens with one attached hydrogen (secondary N) is 2. The van der Waals surface area contributed by atoms with Crippen molar-refractivity contribution in [3.05, 3.63) is 54.6 Å². The molecule has 2 aromatic carbocycles. The number of halogens is 3. The fraction of sp³-hybridized carbons (Fsp3) is 0.222. The van der Waals surface area contributed by atoms with E-state index >= 15 is 0 Å². The molecule has 0 aliphatic carbocycles. The van der Waals surface area contributed by atoms with Crippen LogP contribution in [0.5, 0.6) is 0 Å². The lowest BCUT2D eigenvalue weighted by Crippen LogP contribution is -2.48. The molecule has 1 unspecified atom stereocenters. The van der Waals surface area contributed by atoms with E-state index in [0.717, 1.165) is 0 Å². The molecule has 0 saturated carbocycles. The van der Waals surface area contributed by atoms with E-state index in [1.165, 1.54) is 43.3 Å². The number of carbonyl (C=O) groups excluding carboxylic acids is 1. The van der Waals surface area contributed by atoms with Crippen LogP contribution in [-0.2, 0) is 14.6 Å². The molecular weight excluding hydrogens is 395 g/mol. The van der Waals surface area contributed by atoms with Gasteiger partial charge in [-0.1, -0.05) is 18.2 Å². The van der Waals surface area contributed by atoms with Crippen LogP contribution in [0.3, 0.4) is 0 Å². The van der Waals surface area contributed by atoms with Crippen LogP contribution in [0.2, 0.25) is 0 Å². The molecule has 3 rings (SSSR count). The molecule has 2 N–H and O–H groups in total. The minimum atomic E-state index is -4.61. The van der Waals surface area contributed by atoms with E-state index in [-0.39, 0.29) is 15.5 Å².